The van der Waals surface area contributed by atoms with Gasteiger partial charge in [0.25, 0.3) is 5.91 Å². The highest BCUT2D eigenvalue weighted by molar-refractivity contribution is 5.99. The number of carboxylic acids is 1. The number of primary amides is 1. The summed E-state index contributed by atoms with van der Waals surface area (Å²) in [5.74, 6) is -2.78. The Labute approximate surface area is 255 Å². The molecule has 234 valence electrons. The standard InChI is InChI=1S/C32H47N3O6.ClH/c1-2-3-4-5-6-7-8-9-10-11-12-17-26(22-29(33)36)41-32(40)28(19-15-20-30(37)38)35-31(39)25-21-24-16-13-14-18-27(24)34-23-25;/h13-14,16,18,21,23,26,28H,2-12,15,17,19-20,22H2,1H3,(H2,33,36)(H,35,39)(H,37,38);1H/t26?,28-;/m0./s1. The summed E-state index contributed by atoms with van der Waals surface area (Å²) in [7, 11) is 0. The average Bonchev–Trinajstić information content (AvgIpc) is 2.94. The molecule has 10 heteroatoms. The van der Waals surface area contributed by atoms with E-state index in [-0.39, 0.29) is 43.7 Å². The van der Waals surface area contributed by atoms with Gasteiger partial charge in [-0.3, -0.25) is 19.4 Å². The van der Waals surface area contributed by atoms with Crippen LogP contribution in [0.1, 0.15) is 120 Å². The van der Waals surface area contributed by atoms with Crippen molar-refractivity contribution in [1.82, 2.24) is 10.3 Å². The Morgan fingerprint density at radius 1 is 0.905 bits per heavy atom. The highest BCUT2D eigenvalue weighted by Gasteiger charge is 2.27. The van der Waals surface area contributed by atoms with Crippen LogP contribution in [0.25, 0.3) is 10.9 Å². The van der Waals surface area contributed by atoms with Gasteiger partial charge in [0.2, 0.25) is 5.91 Å². The Bertz CT molecular complexity index is 1110. The minimum atomic E-state index is -1.07. The molecule has 1 aromatic heterocycles. The summed E-state index contributed by atoms with van der Waals surface area (Å²) in [6.07, 6.45) is 14.2. The maximum atomic E-state index is 13.1. The van der Waals surface area contributed by atoms with Gasteiger partial charge in [-0.1, -0.05) is 89.3 Å². The van der Waals surface area contributed by atoms with Crippen LogP contribution in [0, 0.1) is 0 Å². The third-order valence-corrected chi connectivity index (χ3v) is 7.17. The molecule has 0 aliphatic heterocycles. The number of aromatic nitrogens is 1. The number of nitrogens with two attached hydrogens (primary N) is 1. The Morgan fingerprint density at radius 2 is 1.52 bits per heavy atom. The molecule has 0 saturated heterocycles. The van der Waals surface area contributed by atoms with Crippen molar-refractivity contribution in [3.8, 4) is 0 Å². The molecule has 0 saturated carbocycles. The van der Waals surface area contributed by atoms with Gasteiger partial charge in [0, 0.05) is 18.0 Å². The molecule has 0 fully saturated rings. The molecule has 2 atom stereocenters. The molecule has 0 aliphatic rings. The van der Waals surface area contributed by atoms with Crippen molar-refractivity contribution in [2.45, 2.75) is 122 Å². The minimum Gasteiger partial charge on any atom is -0.481 e. The lowest BCUT2D eigenvalue weighted by molar-refractivity contribution is -0.153. The molecule has 4 N–H and O–H groups in total. The third kappa shape index (κ3) is 15.1. The van der Waals surface area contributed by atoms with Gasteiger partial charge in [-0.15, -0.1) is 12.4 Å². The first-order chi connectivity index (χ1) is 19.8. The molecule has 9 nitrogen and oxygen atoms in total. The number of amides is 2. The van der Waals surface area contributed by atoms with Crippen molar-refractivity contribution in [3.05, 3.63) is 42.1 Å². The number of para-hydroxylation sites is 1. The topological polar surface area (TPSA) is 149 Å². The van der Waals surface area contributed by atoms with E-state index in [0.717, 1.165) is 36.6 Å². The predicted molar refractivity (Wildman–Crippen MR) is 167 cm³/mol. The molecule has 2 aromatic rings. The quantitative estimate of drug-likeness (QED) is 0.102. The number of carboxylic acid groups (broad SMARTS) is 1. The highest BCUT2D eigenvalue weighted by atomic mass is 35.5. The van der Waals surface area contributed by atoms with E-state index in [1.165, 1.54) is 51.1 Å². The number of unbranched alkanes of at least 4 members (excludes halogenated alkanes) is 10. The van der Waals surface area contributed by atoms with Crippen molar-refractivity contribution in [2.75, 3.05) is 0 Å². The minimum absolute atomic E-state index is 0. The van der Waals surface area contributed by atoms with Crippen molar-refractivity contribution < 1.29 is 29.0 Å². The van der Waals surface area contributed by atoms with Gasteiger partial charge in [-0.25, -0.2) is 4.79 Å². The van der Waals surface area contributed by atoms with Gasteiger partial charge in [-0.2, -0.15) is 0 Å². The number of nitrogens with one attached hydrogen (secondary N) is 1. The second-order valence-electron chi connectivity index (χ2n) is 10.8. The van der Waals surface area contributed by atoms with E-state index in [1.807, 2.05) is 24.3 Å². The summed E-state index contributed by atoms with van der Waals surface area (Å²) in [6.45, 7) is 2.22. The first-order valence-electron chi connectivity index (χ1n) is 15.2. The van der Waals surface area contributed by atoms with E-state index in [9.17, 15) is 19.2 Å². The predicted octanol–water partition coefficient (Wildman–Crippen LogP) is 6.50. The number of esters is 1. The van der Waals surface area contributed by atoms with Crippen molar-refractivity contribution in [3.63, 3.8) is 0 Å². The lowest BCUT2D eigenvalue weighted by Crippen LogP contribution is -2.43. The number of hydrogen-bond donors (Lipinski definition) is 3. The fourth-order valence-electron chi connectivity index (χ4n) is 4.85. The maximum Gasteiger partial charge on any atom is 0.328 e. The first kappa shape index (κ1) is 36.8. The Hall–Kier alpha value is -3.20. The molecule has 2 rings (SSSR count). The lowest BCUT2D eigenvalue weighted by atomic mass is 10.0. The van der Waals surface area contributed by atoms with E-state index in [4.69, 9.17) is 15.6 Å². The maximum absolute atomic E-state index is 13.1. The van der Waals surface area contributed by atoms with Crippen LogP contribution in [-0.2, 0) is 19.1 Å². The Kier molecular flexibility index (Phi) is 18.8. The summed E-state index contributed by atoms with van der Waals surface area (Å²) in [4.78, 5) is 53.1. The zero-order valence-electron chi connectivity index (χ0n) is 24.9. The van der Waals surface area contributed by atoms with Crippen LogP contribution in [-0.4, -0.2) is 46.0 Å². The number of benzene rings is 1. The summed E-state index contributed by atoms with van der Waals surface area (Å²) >= 11 is 0. The van der Waals surface area contributed by atoms with E-state index in [1.54, 1.807) is 6.07 Å². The number of carbonyl (C=O) groups is 4. The van der Waals surface area contributed by atoms with Crippen molar-refractivity contribution in [2.24, 2.45) is 5.73 Å². The van der Waals surface area contributed by atoms with Gasteiger partial charge in [0.05, 0.1) is 17.5 Å². The molecule has 0 bridgehead atoms. The molecule has 1 aromatic carbocycles. The SMILES string of the molecule is CCCCCCCCCCCCCC(CC(N)=O)OC(=O)[C@H](CCCC(=O)O)NC(=O)c1cnc2ccccc2c1.Cl. The van der Waals surface area contributed by atoms with Crippen LogP contribution < -0.4 is 11.1 Å². The van der Waals surface area contributed by atoms with Crippen LogP contribution in [0.5, 0.6) is 0 Å². The average molecular weight is 606 g/mol. The molecule has 42 heavy (non-hydrogen) atoms. The van der Waals surface area contributed by atoms with E-state index in [0.29, 0.717) is 6.42 Å². The number of rotatable bonds is 22. The number of ether oxygens (including phenoxy) is 1. The summed E-state index contributed by atoms with van der Waals surface area (Å²) < 4.78 is 5.66. The monoisotopic (exact) mass is 605 g/mol. The van der Waals surface area contributed by atoms with Gasteiger partial charge >= 0.3 is 11.9 Å². The Balaban J connectivity index is 0.00000882. The number of hydrogen-bond acceptors (Lipinski definition) is 6. The number of nitrogens with zero attached hydrogens (tertiary/aromatic N) is 1. The summed E-state index contributed by atoms with van der Waals surface area (Å²) in [6, 6.07) is 7.97. The highest BCUT2D eigenvalue weighted by Crippen LogP contribution is 2.17. The molecule has 0 aliphatic carbocycles. The number of fused-ring (bicyclic) bond motifs is 1. The fourth-order valence-corrected chi connectivity index (χ4v) is 4.85. The third-order valence-electron chi connectivity index (χ3n) is 7.17. The van der Waals surface area contributed by atoms with E-state index < -0.39 is 35.9 Å². The molecule has 0 spiro atoms. The van der Waals surface area contributed by atoms with Gasteiger partial charge in [0.15, 0.2) is 0 Å². The number of aliphatic carboxylic acids is 1. The van der Waals surface area contributed by atoms with Gasteiger partial charge < -0.3 is 20.9 Å². The zero-order valence-corrected chi connectivity index (χ0v) is 25.7. The van der Waals surface area contributed by atoms with Crippen LogP contribution in [0.4, 0.5) is 0 Å². The number of halogens is 1. The molecule has 2 amide bonds. The summed E-state index contributed by atoms with van der Waals surface area (Å²) in [5, 5.41) is 12.5. The number of pyridine rings is 1. The van der Waals surface area contributed by atoms with Crippen molar-refractivity contribution in [1.29, 1.82) is 0 Å². The van der Waals surface area contributed by atoms with Crippen molar-refractivity contribution >= 4 is 47.1 Å². The fraction of sp³-hybridized carbons (Fsp3) is 0.594. The zero-order chi connectivity index (χ0) is 29.9. The normalized spacial score (nSPS) is 12.2. The molecular formula is C32H48ClN3O6. The smallest absolute Gasteiger partial charge is 0.328 e. The molecule has 0 radical (unpaired) electrons. The lowest BCUT2D eigenvalue weighted by Gasteiger charge is -2.22. The number of carbonyl (C=O) groups excluding carboxylic acids is 3. The van der Waals surface area contributed by atoms with Gasteiger partial charge in [0.1, 0.15) is 12.1 Å². The molecule has 1 heterocycles. The summed E-state index contributed by atoms with van der Waals surface area (Å²) in [5.41, 5.74) is 6.42. The molecular weight excluding hydrogens is 558 g/mol. The van der Waals surface area contributed by atoms with Crippen LogP contribution in [0.15, 0.2) is 36.5 Å². The first-order valence-corrected chi connectivity index (χ1v) is 15.2. The molecule has 1 unspecified atom stereocenters. The largest absolute Gasteiger partial charge is 0.481 e. The van der Waals surface area contributed by atoms with Crippen LogP contribution in [0.2, 0.25) is 0 Å². The van der Waals surface area contributed by atoms with Crippen LogP contribution >= 0.6 is 12.4 Å². The van der Waals surface area contributed by atoms with E-state index >= 15 is 0 Å². The van der Waals surface area contributed by atoms with E-state index in [2.05, 4.69) is 17.2 Å². The van der Waals surface area contributed by atoms with Gasteiger partial charge in [-0.05, 0) is 37.8 Å². The second-order valence-corrected chi connectivity index (χ2v) is 10.8. The second kappa shape index (κ2) is 21.5. The Morgan fingerprint density at radius 3 is 2.14 bits per heavy atom. The van der Waals surface area contributed by atoms with Crippen LogP contribution in [0.3, 0.4) is 0 Å².